The molecule has 22 heavy (non-hydrogen) atoms. The molecule has 0 bridgehead atoms. The Kier molecular flexibility index (Phi) is 3.45. The van der Waals surface area contributed by atoms with E-state index in [-0.39, 0.29) is 5.02 Å². The van der Waals surface area contributed by atoms with Crippen molar-refractivity contribution < 1.29 is 0 Å². The van der Waals surface area contributed by atoms with Gasteiger partial charge in [-0.3, -0.25) is 9.59 Å². The normalized spacial score (nSPS) is 11.7. The molecule has 3 rings (SSSR count). The van der Waals surface area contributed by atoms with Crippen molar-refractivity contribution in [1.29, 1.82) is 0 Å². The topological polar surface area (TPSA) is 34.1 Å². The maximum Gasteiger partial charge on any atom is 0.245 e. The average Bonchev–Trinajstić information content (AvgIpc) is 2.67. The first-order chi connectivity index (χ1) is 10.3. The summed E-state index contributed by atoms with van der Waals surface area (Å²) in [5.41, 5.74) is 5.63. The SMILES string of the molecule is Cc1cc(-c2c(Cl)c(=O)c2=O)c2c(C)ccc(C(C)C)cc1-2. The molecular weight excluding hydrogens is 296 g/mol. The molecule has 1 aromatic carbocycles. The van der Waals surface area contributed by atoms with Gasteiger partial charge in [-0.05, 0) is 59.2 Å². The van der Waals surface area contributed by atoms with Crippen LogP contribution in [-0.4, -0.2) is 0 Å². The van der Waals surface area contributed by atoms with E-state index < -0.39 is 10.9 Å². The third-order valence-electron chi connectivity index (χ3n) is 4.34. The molecule has 2 aliphatic rings. The molecule has 0 aromatic heterocycles. The van der Waals surface area contributed by atoms with Crippen LogP contribution in [0.4, 0.5) is 0 Å². The molecular formula is C19H17ClO2. The molecule has 1 aromatic rings. The summed E-state index contributed by atoms with van der Waals surface area (Å²) >= 11 is 5.98. The Hall–Kier alpha value is -1.93. The van der Waals surface area contributed by atoms with Gasteiger partial charge in [-0.2, -0.15) is 0 Å². The lowest BCUT2D eigenvalue weighted by Crippen LogP contribution is -2.33. The van der Waals surface area contributed by atoms with Crippen LogP contribution in [0.25, 0.3) is 22.3 Å². The lowest BCUT2D eigenvalue weighted by molar-refractivity contribution is 0.868. The Balaban J connectivity index is 2.35. The molecule has 0 fully saturated rings. The van der Waals surface area contributed by atoms with E-state index in [0.29, 0.717) is 11.5 Å². The van der Waals surface area contributed by atoms with Crippen molar-refractivity contribution in [3.8, 4) is 22.3 Å². The number of rotatable bonds is 2. The van der Waals surface area contributed by atoms with Crippen LogP contribution < -0.4 is 10.9 Å². The van der Waals surface area contributed by atoms with Gasteiger partial charge in [0.05, 0.1) is 5.56 Å². The van der Waals surface area contributed by atoms with Crippen molar-refractivity contribution in [2.75, 3.05) is 0 Å². The summed E-state index contributed by atoms with van der Waals surface area (Å²) in [6.45, 7) is 8.36. The molecule has 0 saturated carbocycles. The molecule has 0 unspecified atom stereocenters. The fourth-order valence-electron chi connectivity index (χ4n) is 3.00. The lowest BCUT2D eigenvalue weighted by Gasteiger charge is -2.08. The van der Waals surface area contributed by atoms with Crippen molar-refractivity contribution >= 4 is 11.6 Å². The average molecular weight is 313 g/mol. The van der Waals surface area contributed by atoms with Gasteiger partial charge in [0.1, 0.15) is 5.02 Å². The largest absolute Gasteiger partial charge is 0.285 e. The van der Waals surface area contributed by atoms with Crippen molar-refractivity contribution in [3.63, 3.8) is 0 Å². The van der Waals surface area contributed by atoms with E-state index in [1.165, 1.54) is 5.56 Å². The van der Waals surface area contributed by atoms with E-state index in [1.807, 2.05) is 19.9 Å². The molecule has 0 aliphatic heterocycles. The molecule has 3 heteroatoms. The van der Waals surface area contributed by atoms with Crippen LogP contribution in [0, 0.1) is 13.8 Å². The molecule has 2 nitrogen and oxygen atoms in total. The van der Waals surface area contributed by atoms with Crippen molar-refractivity contribution in [2.45, 2.75) is 33.6 Å². The zero-order valence-electron chi connectivity index (χ0n) is 13.1. The molecule has 0 spiro atoms. The Bertz CT molecular complexity index is 928. The standard InChI is InChI=1S/C19H17ClO2/c1-9(2)12-6-5-10(3)15-13(8-12)11(4)7-14(15)16-17(20)19(22)18(16)21/h5-9H,1-4H3. The van der Waals surface area contributed by atoms with Crippen LogP contribution in [0.1, 0.15) is 36.5 Å². The molecule has 0 atom stereocenters. The van der Waals surface area contributed by atoms with Gasteiger partial charge in [-0.25, -0.2) is 0 Å². The van der Waals surface area contributed by atoms with Crippen LogP contribution in [0.5, 0.6) is 0 Å². The highest BCUT2D eigenvalue weighted by Crippen LogP contribution is 2.42. The fraction of sp³-hybridized carbons (Fsp3) is 0.263. The third kappa shape index (κ3) is 2.02. The quantitative estimate of drug-likeness (QED) is 0.655. The first-order valence-corrected chi connectivity index (χ1v) is 7.73. The van der Waals surface area contributed by atoms with Gasteiger partial charge >= 0.3 is 0 Å². The van der Waals surface area contributed by atoms with Crippen LogP contribution in [-0.2, 0) is 0 Å². The Morgan fingerprint density at radius 2 is 1.55 bits per heavy atom. The minimum atomic E-state index is -0.579. The highest BCUT2D eigenvalue weighted by Gasteiger charge is 2.26. The molecule has 0 radical (unpaired) electrons. The van der Waals surface area contributed by atoms with Gasteiger partial charge in [0.25, 0.3) is 0 Å². The Morgan fingerprint density at radius 1 is 0.864 bits per heavy atom. The maximum absolute atomic E-state index is 11.9. The van der Waals surface area contributed by atoms with Gasteiger partial charge in [-0.15, -0.1) is 0 Å². The Labute approximate surface area is 134 Å². The summed E-state index contributed by atoms with van der Waals surface area (Å²) < 4.78 is 0. The molecule has 0 heterocycles. The first kappa shape index (κ1) is 15.0. The molecule has 2 aliphatic carbocycles. The molecule has 0 saturated heterocycles. The van der Waals surface area contributed by atoms with Crippen LogP contribution >= 0.6 is 11.6 Å². The highest BCUT2D eigenvalue weighted by molar-refractivity contribution is 6.34. The Morgan fingerprint density at radius 3 is 2.14 bits per heavy atom. The smallest absolute Gasteiger partial charge is 0.245 e. The van der Waals surface area contributed by atoms with Crippen LogP contribution in [0.3, 0.4) is 0 Å². The van der Waals surface area contributed by atoms with Gasteiger partial charge in [-0.1, -0.05) is 43.6 Å². The van der Waals surface area contributed by atoms with Crippen LogP contribution in [0.2, 0.25) is 5.02 Å². The van der Waals surface area contributed by atoms with E-state index in [1.54, 1.807) is 0 Å². The van der Waals surface area contributed by atoms with E-state index in [0.717, 1.165) is 27.8 Å². The second-order valence-electron chi connectivity index (χ2n) is 6.19. The number of hydrogen-bond acceptors (Lipinski definition) is 2. The minimum absolute atomic E-state index is 0.0619. The van der Waals surface area contributed by atoms with Gasteiger partial charge in [0.15, 0.2) is 0 Å². The van der Waals surface area contributed by atoms with Gasteiger partial charge < -0.3 is 0 Å². The molecule has 0 amide bonds. The highest BCUT2D eigenvalue weighted by atomic mass is 35.5. The number of halogens is 1. The minimum Gasteiger partial charge on any atom is -0.285 e. The predicted molar refractivity (Wildman–Crippen MR) is 92.0 cm³/mol. The predicted octanol–water partition coefficient (Wildman–Crippen LogP) is 4.45. The van der Waals surface area contributed by atoms with Crippen molar-refractivity contribution in [1.82, 2.24) is 0 Å². The van der Waals surface area contributed by atoms with E-state index in [9.17, 15) is 9.59 Å². The summed E-state index contributed by atoms with van der Waals surface area (Å²) in [4.78, 5) is 23.3. The lowest BCUT2D eigenvalue weighted by atomic mass is 9.96. The molecule has 112 valence electrons. The van der Waals surface area contributed by atoms with Crippen LogP contribution in [0.15, 0.2) is 33.9 Å². The number of hydrogen-bond donors (Lipinski definition) is 0. The number of fused-ring (bicyclic) bond motifs is 1. The maximum atomic E-state index is 11.9. The summed E-state index contributed by atoms with van der Waals surface area (Å²) in [5, 5.41) is 0.0619. The molecule has 0 N–H and O–H groups in total. The zero-order chi connectivity index (χ0) is 16.2. The summed E-state index contributed by atoms with van der Waals surface area (Å²) in [6.07, 6.45) is 0. The number of aryl methyl sites for hydroxylation is 2. The summed E-state index contributed by atoms with van der Waals surface area (Å²) in [7, 11) is 0. The van der Waals surface area contributed by atoms with E-state index in [2.05, 4.69) is 32.0 Å². The van der Waals surface area contributed by atoms with E-state index >= 15 is 0 Å². The second-order valence-corrected chi connectivity index (χ2v) is 6.57. The van der Waals surface area contributed by atoms with Gasteiger partial charge in [0, 0.05) is 0 Å². The summed E-state index contributed by atoms with van der Waals surface area (Å²) in [5.74, 6) is 0.419. The first-order valence-electron chi connectivity index (χ1n) is 7.36. The van der Waals surface area contributed by atoms with Gasteiger partial charge in [0.2, 0.25) is 10.9 Å². The second kappa shape index (κ2) is 5.06. The monoisotopic (exact) mass is 312 g/mol. The van der Waals surface area contributed by atoms with E-state index in [4.69, 9.17) is 11.6 Å². The fourth-order valence-corrected chi connectivity index (χ4v) is 3.27. The van der Waals surface area contributed by atoms with Crippen molar-refractivity contribution in [3.05, 3.63) is 66.4 Å². The summed E-state index contributed by atoms with van der Waals surface area (Å²) in [6, 6.07) is 8.32. The zero-order valence-corrected chi connectivity index (χ0v) is 13.8. The van der Waals surface area contributed by atoms with Crippen molar-refractivity contribution in [2.24, 2.45) is 0 Å². The third-order valence-corrected chi connectivity index (χ3v) is 4.70.